The van der Waals surface area contributed by atoms with E-state index in [4.69, 9.17) is 9.47 Å². The van der Waals surface area contributed by atoms with E-state index in [0.717, 1.165) is 29.7 Å². The minimum Gasteiger partial charge on any atom is -0.496 e. The van der Waals surface area contributed by atoms with Gasteiger partial charge in [-0.2, -0.15) is 5.10 Å². The van der Waals surface area contributed by atoms with Gasteiger partial charge in [0.2, 0.25) is 0 Å². The van der Waals surface area contributed by atoms with Crippen LogP contribution >= 0.6 is 0 Å². The van der Waals surface area contributed by atoms with Crippen LogP contribution in [0.5, 0.6) is 11.5 Å². The van der Waals surface area contributed by atoms with Crippen LogP contribution in [0, 0.1) is 5.92 Å². The molecule has 7 nitrogen and oxygen atoms in total. The Hall–Kier alpha value is -3.61. The number of carbonyl (C=O) groups excluding carboxylic acids is 2. The van der Waals surface area contributed by atoms with Gasteiger partial charge in [-0.05, 0) is 48.9 Å². The number of nitrogens with zero attached hydrogens (tertiary/aromatic N) is 2. The molecule has 0 fully saturated rings. The van der Waals surface area contributed by atoms with Crippen molar-refractivity contribution in [3.63, 3.8) is 0 Å². The lowest BCUT2D eigenvalue weighted by atomic mass is 9.99. The summed E-state index contributed by atoms with van der Waals surface area (Å²) >= 11 is 0. The number of nitrogens with one attached hydrogen (secondary N) is 1. The first-order chi connectivity index (χ1) is 17.9. The van der Waals surface area contributed by atoms with Gasteiger partial charge in [0.05, 0.1) is 31.5 Å². The maximum absolute atomic E-state index is 13.4. The molecule has 0 spiro atoms. The zero-order valence-electron chi connectivity index (χ0n) is 22.6. The SMILES string of the molecule is CCCCC(=O)[C@H](CCc1ccccc1)NC(=O)c1cc(-c2c(OC)cccc2OC)n(CC(C)C)n1. The quantitative estimate of drug-likeness (QED) is 0.303. The number of hydrogen-bond acceptors (Lipinski definition) is 5. The minimum absolute atomic E-state index is 0.0550. The molecular formula is C30H39N3O4. The molecule has 0 saturated carbocycles. The van der Waals surface area contributed by atoms with E-state index in [1.54, 1.807) is 20.3 Å². The molecule has 0 bridgehead atoms. The fourth-order valence-corrected chi connectivity index (χ4v) is 4.34. The maximum atomic E-state index is 13.4. The van der Waals surface area contributed by atoms with Crippen LogP contribution in [-0.4, -0.2) is 41.7 Å². The summed E-state index contributed by atoms with van der Waals surface area (Å²) in [5.74, 6) is 1.25. The van der Waals surface area contributed by atoms with Gasteiger partial charge in [-0.25, -0.2) is 0 Å². The maximum Gasteiger partial charge on any atom is 0.272 e. The lowest BCUT2D eigenvalue weighted by molar-refractivity contribution is -0.121. The zero-order chi connectivity index (χ0) is 26.8. The van der Waals surface area contributed by atoms with Gasteiger partial charge in [0.15, 0.2) is 11.5 Å². The number of amides is 1. The third kappa shape index (κ3) is 7.44. The molecule has 3 rings (SSSR count). The van der Waals surface area contributed by atoms with Crippen molar-refractivity contribution in [3.8, 4) is 22.8 Å². The van der Waals surface area contributed by atoms with Gasteiger partial charge in [0.25, 0.3) is 5.91 Å². The number of methoxy groups -OCH3 is 2. The predicted octanol–water partition coefficient (Wildman–Crippen LogP) is 5.71. The number of ketones is 1. The van der Waals surface area contributed by atoms with E-state index >= 15 is 0 Å². The number of rotatable bonds is 14. The Labute approximate surface area is 220 Å². The van der Waals surface area contributed by atoms with Gasteiger partial charge in [-0.15, -0.1) is 0 Å². The molecule has 3 aromatic rings. The molecule has 7 heteroatoms. The van der Waals surface area contributed by atoms with Gasteiger partial charge in [-0.1, -0.05) is 63.6 Å². The molecule has 1 amide bonds. The van der Waals surface area contributed by atoms with Crippen LogP contribution in [0.15, 0.2) is 54.6 Å². The largest absolute Gasteiger partial charge is 0.496 e. The summed E-state index contributed by atoms with van der Waals surface area (Å²) in [6.45, 7) is 6.85. The van der Waals surface area contributed by atoms with Gasteiger partial charge < -0.3 is 14.8 Å². The molecule has 0 aliphatic heterocycles. The van der Waals surface area contributed by atoms with E-state index in [-0.39, 0.29) is 17.4 Å². The van der Waals surface area contributed by atoms with Crippen LogP contribution < -0.4 is 14.8 Å². The molecular weight excluding hydrogens is 466 g/mol. The summed E-state index contributed by atoms with van der Waals surface area (Å²) < 4.78 is 13.0. The fourth-order valence-electron chi connectivity index (χ4n) is 4.34. The van der Waals surface area contributed by atoms with E-state index in [1.165, 1.54) is 0 Å². The van der Waals surface area contributed by atoms with Crippen molar-refractivity contribution < 1.29 is 19.1 Å². The Morgan fingerprint density at radius 3 is 2.27 bits per heavy atom. The molecule has 0 unspecified atom stereocenters. The molecule has 1 aromatic heterocycles. The average molecular weight is 506 g/mol. The molecule has 0 saturated heterocycles. The number of hydrogen-bond donors (Lipinski definition) is 1. The van der Waals surface area contributed by atoms with Gasteiger partial charge in [-0.3, -0.25) is 14.3 Å². The van der Waals surface area contributed by atoms with E-state index in [1.807, 2.05) is 53.2 Å². The van der Waals surface area contributed by atoms with Gasteiger partial charge in [0.1, 0.15) is 11.5 Å². The molecule has 1 heterocycles. The number of aromatic nitrogens is 2. The lowest BCUT2D eigenvalue weighted by Crippen LogP contribution is -2.41. The first kappa shape index (κ1) is 28.0. The predicted molar refractivity (Wildman–Crippen MR) is 146 cm³/mol. The van der Waals surface area contributed by atoms with Crippen molar-refractivity contribution in [2.75, 3.05) is 14.2 Å². The molecule has 1 atom stereocenters. The highest BCUT2D eigenvalue weighted by atomic mass is 16.5. The molecule has 198 valence electrons. The molecule has 0 radical (unpaired) electrons. The normalized spacial score (nSPS) is 11.8. The first-order valence-electron chi connectivity index (χ1n) is 13.0. The highest BCUT2D eigenvalue weighted by molar-refractivity contribution is 5.97. The van der Waals surface area contributed by atoms with Crippen LogP contribution in [0.4, 0.5) is 0 Å². The number of ether oxygens (including phenoxy) is 2. The Morgan fingerprint density at radius 1 is 1.00 bits per heavy atom. The monoisotopic (exact) mass is 505 g/mol. The van der Waals surface area contributed by atoms with Crippen molar-refractivity contribution in [3.05, 3.63) is 65.9 Å². The van der Waals surface area contributed by atoms with E-state index in [0.29, 0.717) is 43.2 Å². The third-order valence-corrected chi connectivity index (χ3v) is 6.27. The Bertz CT molecular complexity index is 1150. The summed E-state index contributed by atoms with van der Waals surface area (Å²) in [5.41, 5.74) is 2.86. The summed E-state index contributed by atoms with van der Waals surface area (Å²) in [5, 5.41) is 7.64. The van der Waals surface area contributed by atoms with Gasteiger partial charge >= 0.3 is 0 Å². The third-order valence-electron chi connectivity index (χ3n) is 6.27. The second-order valence-corrected chi connectivity index (χ2v) is 9.65. The highest BCUT2D eigenvalue weighted by Gasteiger charge is 2.25. The summed E-state index contributed by atoms with van der Waals surface area (Å²) in [7, 11) is 3.21. The fraction of sp³-hybridized carbons (Fsp3) is 0.433. The van der Waals surface area contributed by atoms with Crippen molar-refractivity contribution in [2.45, 2.75) is 65.5 Å². The second-order valence-electron chi connectivity index (χ2n) is 9.65. The van der Waals surface area contributed by atoms with Crippen LogP contribution in [0.3, 0.4) is 0 Å². The van der Waals surface area contributed by atoms with Crippen molar-refractivity contribution in [1.29, 1.82) is 0 Å². The lowest BCUT2D eigenvalue weighted by Gasteiger charge is -2.17. The summed E-state index contributed by atoms with van der Waals surface area (Å²) in [4.78, 5) is 26.5. The zero-order valence-corrected chi connectivity index (χ0v) is 22.6. The van der Waals surface area contributed by atoms with Crippen molar-refractivity contribution in [1.82, 2.24) is 15.1 Å². The highest BCUT2D eigenvalue weighted by Crippen LogP contribution is 2.38. The van der Waals surface area contributed by atoms with Crippen LogP contribution in [0.25, 0.3) is 11.3 Å². The van der Waals surface area contributed by atoms with E-state index in [2.05, 4.69) is 31.2 Å². The summed E-state index contributed by atoms with van der Waals surface area (Å²) in [6, 6.07) is 16.8. The Morgan fingerprint density at radius 2 is 1.68 bits per heavy atom. The summed E-state index contributed by atoms with van der Waals surface area (Å²) in [6.07, 6.45) is 3.42. The number of unbranched alkanes of at least 4 members (excludes halogenated alkanes) is 1. The smallest absolute Gasteiger partial charge is 0.272 e. The Balaban J connectivity index is 1.91. The van der Waals surface area contributed by atoms with Crippen LogP contribution in [0.1, 0.15) is 62.5 Å². The molecule has 1 N–H and O–H groups in total. The van der Waals surface area contributed by atoms with Gasteiger partial charge in [0, 0.05) is 13.0 Å². The number of carbonyl (C=O) groups is 2. The standard InChI is InChI=1S/C30H39N3O4/c1-6-7-14-26(34)23(18-17-22-12-9-8-10-13-22)31-30(35)24-19-25(33(32-24)20-21(2)3)29-27(36-4)15-11-16-28(29)37-5/h8-13,15-16,19,21,23H,6-7,14,17-18,20H2,1-5H3,(H,31,35)/t23-/m0/s1. The number of Topliss-reactive ketones (excluding diaryl/α,β-unsaturated/α-hetero) is 1. The van der Waals surface area contributed by atoms with Crippen LogP contribution in [-0.2, 0) is 17.8 Å². The molecule has 37 heavy (non-hydrogen) atoms. The second kappa shape index (κ2) is 13.6. The van der Waals surface area contributed by atoms with E-state index < -0.39 is 6.04 Å². The molecule has 0 aliphatic carbocycles. The Kier molecular flexibility index (Phi) is 10.3. The molecule has 0 aliphatic rings. The number of benzene rings is 2. The minimum atomic E-state index is -0.571. The van der Waals surface area contributed by atoms with E-state index in [9.17, 15) is 9.59 Å². The topological polar surface area (TPSA) is 82.5 Å². The van der Waals surface area contributed by atoms with Crippen LogP contribution in [0.2, 0.25) is 0 Å². The first-order valence-corrected chi connectivity index (χ1v) is 13.0. The van der Waals surface area contributed by atoms with Crippen molar-refractivity contribution in [2.24, 2.45) is 5.92 Å². The average Bonchev–Trinajstić information content (AvgIpc) is 3.32. The van der Waals surface area contributed by atoms with Crippen molar-refractivity contribution >= 4 is 11.7 Å². The molecule has 2 aromatic carbocycles. The number of aryl methyl sites for hydroxylation is 1.